The molecule has 370 valence electrons. The highest BCUT2D eigenvalue weighted by atomic mass is 19.4. The van der Waals surface area contributed by atoms with E-state index in [0.29, 0.717) is 28.2 Å². The molecule has 1 saturated carbocycles. The first-order valence-corrected chi connectivity index (χ1v) is 23.9. The number of nitrogens with zero attached hydrogens (tertiary/aromatic N) is 5. The van der Waals surface area contributed by atoms with Crippen LogP contribution >= 0.6 is 0 Å². The van der Waals surface area contributed by atoms with Crippen molar-refractivity contribution in [3.63, 3.8) is 0 Å². The molecule has 71 heavy (non-hydrogen) atoms. The number of fused-ring (bicyclic) bond motifs is 2. The number of carbonyl (C=O) groups excluding carboxylic acids is 3. The SMILES string of the molecule is COC(=O)Cn1cc(NC(=O)c2cccc(-c3cncc4cc(CCCCCCNCC5CCC(n6cc7cc(NC(=O)c8cccc(C(F)(F)F)n8)c(C(C)(C)O)cc7n6)CC5)ccc34)c2)ccc1=O. The van der Waals surface area contributed by atoms with Crippen LogP contribution in [0, 0.1) is 5.92 Å². The van der Waals surface area contributed by atoms with E-state index < -0.39 is 29.3 Å². The van der Waals surface area contributed by atoms with Gasteiger partial charge in [-0.3, -0.25) is 28.8 Å². The molecule has 3 aromatic carbocycles. The third kappa shape index (κ3) is 12.6. The molecule has 0 atom stereocenters. The molecule has 2 amide bonds. The predicted octanol–water partition coefficient (Wildman–Crippen LogP) is 9.86. The topological polar surface area (TPSA) is 182 Å². The predicted molar refractivity (Wildman–Crippen MR) is 266 cm³/mol. The van der Waals surface area contributed by atoms with E-state index in [1.165, 1.54) is 41.6 Å². The Morgan fingerprint density at radius 1 is 0.831 bits per heavy atom. The van der Waals surface area contributed by atoms with Crippen LogP contribution in [0.15, 0.2) is 115 Å². The Morgan fingerprint density at radius 3 is 2.39 bits per heavy atom. The molecule has 14 nitrogen and oxygen atoms in total. The molecule has 4 N–H and O–H groups in total. The number of pyridine rings is 3. The third-order valence-corrected chi connectivity index (χ3v) is 13.1. The van der Waals surface area contributed by atoms with Crippen molar-refractivity contribution in [1.82, 2.24) is 29.6 Å². The van der Waals surface area contributed by atoms with Gasteiger partial charge in [0.1, 0.15) is 17.9 Å². The van der Waals surface area contributed by atoms with E-state index in [-0.39, 0.29) is 35.4 Å². The summed E-state index contributed by atoms with van der Waals surface area (Å²) in [6, 6.07) is 23.3. The zero-order valence-electron chi connectivity index (χ0n) is 39.9. The van der Waals surface area contributed by atoms with Gasteiger partial charge in [0.25, 0.3) is 17.4 Å². The Morgan fingerprint density at radius 2 is 1.62 bits per heavy atom. The van der Waals surface area contributed by atoms with E-state index in [2.05, 4.69) is 48.9 Å². The van der Waals surface area contributed by atoms with Gasteiger partial charge in [0.15, 0.2) is 0 Å². The maximum absolute atomic E-state index is 13.3. The van der Waals surface area contributed by atoms with Crippen molar-refractivity contribution in [2.24, 2.45) is 5.92 Å². The molecule has 8 rings (SSSR count). The molecule has 0 spiro atoms. The van der Waals surface area contributed by atoms with Gasteiger partial charge in [-0.05, 0) is 143 Å². The van der Waals surface area contributed by atoms with Crippen LogP contribution in [0.3, 0.4) is 0 Å². The van der Waals surface area contributed by atoms with E-state index in [1.54, 1.807) is 38.2 Å². The minimum Gasteiger partial charge on any atom is -0.468 e. The van der Waals surface area contributed by atoms with Gasteiger partial charge in [0.05, 0.1) is 30.0 Å². The smallest absolute Gasteiger partial charge is 0.433 e. The van der Waals surface area contributed by atoms with E-state index in [9.17, 15) is 37.5 Å². The average molecular weight is 971 g/mol. The molecule has 1 aliphatic rings. The first-order valence-electron chi connectivity index (χ1n) is 23.9. The number of alkyl halides is 3. The van der Waals surface area contributed by atoms with Gasteiger partial charge in [-0.25, -0.2) is 4.98 Å². The summed E-state index contributed by atoms with van der Waals surface area (Å²) in [5.41, 5.74) is 1.80. The van der Waals surface area contributed by atoms with Crippen LogP contribution in [-0.4, -0.2) is 67.4 Å². The highest BCUT2D eigenvalue weighted by Gasteiger charge is 2.33. The molecular weight excluding hydrogens is 914 g/mol. The van der Waals surface area contributed by atoms with Crippen molar-refractivity contribution in [3.05, 3.63) is 148 Å². The molecule has 0 unspecified atom stereocenters. The normalized spacial score (nSPS) is 15.2. The number of aryl methyl sites for hydroxylation is 1. The molecule has 4 aromatic heterocycles. The molecule has 1 fully saturated rings. The third-order valence-electron chi connectivity index (χ3n) is 13.1. The fourth-order valence-corrected chi connectivity index (χ4v) is 9.22. The van der Waals surface area contributed by atoms with Gasteiger partial charge >= 0.3 is 12.1 Å². The van der Waals surface area contributed by atoms with Crippen LogP contribution < -0.4 is 21.5 Å². The molecular formula is C54H57F3N8O6. The van der Waals surface area contributed by atoms with Crippen molar-refractivity contribution in [2.45, 2.75) is 96.0 Å². The van der Waals surface area contributed by atoms with Gasteiger partial charge in [-0.1, -0.05) is 43.2 Å². The molecule has 0 saturated heterocycles. The second-order valence-corrected chi connectivity index (χ2v) is 18.8. The van der Waals surface area contributed by atoms with Gasteiger partial charge < -0.3 is 30.4 Å². The maximum Gasteiger partial charge on any atom is 0.433 e. The summed E-state index contributed by atoms with van der Waals surface area (Å²) < 4.78 is 47.6. The lowest BCUT2D eigenvalue weighted by molar-refractivity contribution is -0.142. The van der Waals surface area contributed by atoms with E-state index >= 15 is 0 Å². The zero-order valence-corrected chi connectivity index (χ0v) is 39.9. The van der Waals surface area contributed by atoms with Crippen LogP contribution in [-0.2, 0) is 34.3 Å². The van der Waals surface area contributed by atoms with E-state index in [1.807, 2.05) is 35.3 Å². The quantitative estimate of drug-likeness (QED) is 0.0477. The zero-order chi connectivity index (χ0) is 50.3. The first-order chi connectivity index (χ1) is 34.0. The van der Waals surface area contributed by atoms with Crippen LogP contribution in [0.25, 0.3) is 32.8 Å². The largest absolute Gasteiger partial charge is 0.468 e. The minimum absolute atomic E-state index is 0.199. The summed E-state index contributed by atoms with van der Waals surface area (Å²) in [5.74, 6) is -1.18. The summed E-state index contributed by atoms with van der Waals surface area (Å²) in [6.45, 7) is 4.82. The molecule has 1 aliphatic carbocycles. The summed E-state index contributed by atoms with van der Waals surface area (Å²) in [5, 5.41) is 27.8. The summed E-state index contributed by atoms with van der Waals surface area (Å²) in [4.78, 5) is 58.3. The Kier molecular flexibility index (Phi) is 15.4. The number of hydrogen-bond acceptors (Lipinski definition) is 10. The number of carbonyl (C=O) groups is 3. The monoisotopic (exact) mass is 970 g/mol. The highest BCUT2D eigenvalue weighted by Crippen LogP contribution is 2.36. The number of hydrogen-bond donors (Lipinski definition) is 4. The molecule has 17 heteroatoms. The number of benzene rings is 3. The highest BCUT2D eigenvalue weighted by molar-refractivity contribution is 6.06. The van der Waals surface area contributed by atoms with Crippen LogP contribution in [0.4, 0.5) is 24.5 Å². The van der Waals surface area contributed by atoms with Gasteiger partial charge in [-0.2, -0.15) is 18.3 Å². The van der Waals surface area contributed by atoms with Gasteiger partial charge in [-0.15, -0.1) is 0 Å². The number of ether oxygens (including phenoxy) is 1. The molecule has 0 radical (unpaired) electrons. The molecule has 0 aliphatic heterocycles. The number of unbranched alkanes of at least 4 members (excludes halogenated alkanes) is 3. The van der Waals surface area contributed by atoms with Crippen LogP contribution in [0.2, 0.25) is 0 Å². The molecule has 7 aromatic rings. The number of nitrogens with one attached hydrogen (secondary N) is 3. The lowest BCUT2D eigenvalue weighted by Crippen LogP contribution is -2.28. The van der Waals surface area contributed by atoms with Crippen LogP contribution in [0.5, 0.6) is 0 Å². The number of halogens is 3. The summed E-state index contributed by atoms with van der Waals surface area (Å²) in [7, 11) is 1.24. The van der Waals surface area contributed by atoms with Gasteiger partial charge in [0.2, 0.25) is 0 Å². The van der Waals surface area contributed by atoms with E-state index in [4.69, 9.17) is 5.10 Å². The first kappa shape index (κ1) is 50.2. The van der Waals surface area contributed by atoms with E-state index in [0.717, 1.165) is 110 Å². The van der Waals surface area contributed by atoms with Crippen molar-refractivity contribution >= 4 is 50.8 Å². The Labute approximate surface area is 408 Å². The number of amides is 2. The Hall–Kier alpha value is -7.24. The lowest BCUT2D eigenvalue weighted by atomic mass is 9.86. The fraction of sp³-hybridized carbons (Fsp3) is 0.352. The minimum atomic E-state index is -4.69. The summed E-state index contributed by atoms with van der Waals surface area (Å²) in [6.07, 6.45) is 11.8. The Balaban J connectivity index is 0.765. The Bertz CT molecular complexity index is 3120. The fourth-order valence-electron chi connectivity index (χ4n) is 9.22. The number of rotatable bonds is 18. The lowest BCUT2D eigenvalue weighted by Gasteiger charge is -2.28. The number of esters is 1. The average Bonchev–Trinajstić information content (AvgIpc) is 3.78. The van der Waals surface area contributed by atoms with Crippen molar-refractivity contribution in [3.8, 4) is 11.1 Å². The number of aromatic nitrogens is 5. The van der Waals surface area contributed by atoms with Crippen molar-refractivity contribution < 1.29 is 37.4 Å². The van der Waals surface area contributed by atoms with Gasteiger partial charge in [0, 0.05) is 64.0 Å². The van der Waals surface area contributed by atoms with Crippen molar-refractivity contribution in [1.29, 1.82) is 0 Å². The molecule has 0 bridgehead atoms. The number of anilines is 2. The second kappa shape index (κ2) is 21.8. The number of aliphatic hydroxyl groups is 1. The maximum atomic E-state index is 13.3. The standard InChI is InChI=1S/C54H57F3N8O6/c1-53(2,70)44-27-46-39(26-47(44)62-52(69)45-13-9-14-48(61-45)54(55,56)57)31-65(63-46)41-19-15-35(16-20-41)28-58-23-7-5-4-6-10-34-17-21-42-38(24-34)29-59-30-43(42)36-11-8-12-37(25-36)51(68)60-40-18-22-49(66)64(32-40)33-50(67)71-3/h8-9,11-14,17-18,21-22,24-27,29-32,35,41,58,70H,4-7,10,15-16,19-20,23,28,33H2,1-3H3,(H,60,68)(H,62,69). The van der Waals surface area contributed by atoms with Crippen molar-refractivity contribution in [2.75, 3.05) is 30.8 Å². The summed E-state index contributed by atoms with van der Waals surface area (Å²) >= 11 is 0. The second-order valence-electron chi connectivity index (χ2n) is 18.8. The number of methoxy groups -OCH3 is 1. The van der Waals surface area contributed by atoms with Crippen LogP contribution in [0.1, 0.15) is 109 Å². The molecule has 4 heterocycles.